The Morgan fingerprint density at radius 3 is 2.75 bits per heavy atom. The molecule has 1 atom stereocenters. The lowest BCUT2D eigenvalue weighted by Crippen LogP contribution is -2.26. The molecule has 28 heavy (non-hydrogen) atoms. The van der Waals surface area contributed by atoms with E-state index in [1.807, 2.05) is 50.8 Å². The molecule has 0 saturated heterocycles. The predicted octanol–water partition coefficient (Wildman–Crippen LogP) is 3.68. The normalized spacial score (nSPS) is 11.8. The first kappa shape index (κ1) is 19.6. The first-order valence-electron chi connectivity index (χ1n) is 9.39. The fourth-order valence-corrected chi connectivity index (χ4v) is 2.96. The lowest BCUT2D eigenvalue weighted by Gasteiger charge is -2.19. The van der Waals surface area contributed by atoms with E-state index in [4.69, 9.17) is 0 Å². The Labute approximate surface area is 165 Å². The van der Waals surface area contributed by atoms with Crippen LogP contribution in [0.2, 0.25) is 0 Å². The molecule has 3 rings (SSSR count). The van der Waals surface area contributed by atoms with Crippen molar-refractivity contribution in [3.8, 4) is 5.69 Å². The molecule has 0 aromatic carbocycles. The molecule has 3 N–H and O–H groups in total. The highest BCUT2D eigenvalue weighted by atomic mass is 15.3. The summed E-state index contributed by atoms with van der Waals surface area (Å²) in [5.74, 6) is 0.801. The second kappa shape index (κ2) is 9.14. The number of rotatable bonds is 9. The molecular weight excluding hydrogens is 350 g/mol. The zero-order valence-electron chi connectivity index (χ0n) is 16.6. The minimum Gasteiger partial charge on any atom is -0.371 e. The van der Waals surface area contributed by atoms with E-state index >= 15 is 0 Å². The number of nitrogens with one attached hydrogen (secondary N) is 3. The van der Waals surface area contributed by atoms with Gasteiger partial charge in [-0.25, -0.2) is 9.67 Å². The summed E-state index contributed by atoms with van der Waals surface area (Å²) in [5.41, 5.74) is 4.83. The summed E-state index contributed by atoms with van der Waals surface area (Å²) in [4.78, 5) is 9.00. The molecule has 3 aromatic rings. The summed E-state index contributed by atoms with van der Waals surface area (Å²) in [7, 11) is 1.86. The molecule has 0 aliphatic heterocycles. The van der Waals surface area contributed by atoms with E-state index in [1.54, 1.807) is 10.9 Å². The number of pyridine rings is 2. The average Bonchev–Trinajstić information content (AvgIpc) is 3.24. The van der Waals surface area contributed by atoms with Crippen molar-refractivity contribution in [2.75, 3.05) is 24.2 Å². The zero-order valence-corrected chi connectivity index (χ0v) is 16.6. The molecule has 0 saturated carbocycles. The molecule has 1 unspecified atom stereocenters. The Morgan fingerprint density at radius 1 is 1.25 bits per heavy atom. The molecule has 0 aliphatic carbocycles. The number of nitrogens with zero attached hydrogens (tertiary/aromatic N) is 4. The van der Waals surface area contributed by atoms with Crippen molar-refractivity contribution in [3.05, 3.63) is 72.6 Å². The fraction of sp³-hybridized carbons (Fsp3) is 0.286. The highest BCUT2D eigenvalue weighted by Gasteiger charge is 2.12. The lowest BCUT2D eigenvalue weighted by atomic mass is 10.1. The van der Waals surface area contributed by atoms with Crippen molar-refractivity contribution >= 4 is 11.5 Å². The average molecular weight is 377 g/mol. The number of aromatic nitrogens is 4. The molecular formula is C21H27N7. The maximum atomic E-state index is 4.61. The Hall–Kier alpha value is -3.19. The topological polar surface area (TPSA) is 79.7 Å². The van der Waals surface area contributed by atoms with Crippen molar-refractivity contribution in [1.82, 2.24) is 25.1 Å². The van der Waals surface area contributed by atoms with Crippen LogP contribution in [0.5, 0.6) is 0 Å². The molecule has 0 spiro atoms. The van der Waals surface area contributed by atoms with Crippen LogP contribution in [-0.4, -0.2) is 33.3 Å². The van der Waals surface area contributed by atoms with E-state index in [2.05, 4.69) is 50.6 Å². The monoisotopic (exact) mass is 377 g/mol. The van der Waals surface area contributed by atoms with Gasteiger partial charge in [0.1, 0.15) is 5.82 Å². The summed E-state index contributed by atoms with van der Waals surface area (Å²) in [6.45, 7) is 8.92. The van der Waals surface area contributed by atoms with Crippen LogP contribution in [0.1, 0.15) is 30.6 Å². The van der Waals surface area contributed by atoms with Crippen molar-refractivity contribution in [1.29, 1.82) is 0 Å². The first-order chi connectivity index (χ1) is 13.6. The van der Waals surface area contributed by atoms with Gasteiger partial charge in [-0.1, -0.05) is 13.5 Å². The van der Waals surface area contributed by atoms with Crippen molar-refractivity contribution in [2.45, 2.75) is 26.3 Å². The highest BCUT2D eigenvalue weighted by molar-refractivity contribution is 5.66. The summed E-state index contributed by atoms with van der Waals surface area (Å²) in [6.07, 6.45) is 8.27. The van der Waals surface area contributed by atoms with Gasteiger partial charge in [0.15, 0.2) is 0 Å². The molecule has 0 amide bonds. The van der Waals surface area contributed by atoms with E-state index in [1.165, 1.54) is 0 Å². The Bertz CT molecular complexity index is 901. The van der Waals surface area contributed by atoms with Crippen molar-refractivity contribution in [3.63, 3.8) is 0 Å². The number of hydrogen-bond donors (Lipinski definition) is 3. The van der Waals surface area contributed by atoms with E-state index in [-0.39, 0.29) is 6.04 Å². The van der Waals surface area contributed by atoms with Gasteiger partial charge in [-0.15, -0.1) is 0 Å². The molecule has 3 aromatic heterocycles. The first-order valence-corrected chi connectivity index (χ1v) is 9.39. The van der Waals surface area contributed by atoms with E-state index in [0.717, 1.165) is 40.6 Å². The van der Waals surface area contributed by atoms with Crippen LogP contribution in [-0.2, 0) is 0 Å². The Balaban J connectivity index is 1.60. The summed E-state index contributed by atoms with van der Waals surface area (Å²) in [6, 6.07) is 8.16. The molecule has 0 aliphatic rings. The van der Waals surface area contributed by atoms with Crippen LogP contribution in [0.3, 0.4) is 0 Å². The summed E-state index contributed by atoms with van der Waals surface area (Å²) < 4.78 is 1.80. The van der Waals surface area contributed by atoms with E-state index in [0.29, 0.717) is 6.54 Å². The van der Waals surface area contributed by atoms with Crippen LogP contribution in [0.15, 0.2) is 61.3 Å². The second-order valence-electron chi connectivity index (χ2n) is 6.62. The summed E-state index contributed by atoms with van der Waals surface area (Å²) >= 11 is 0. The standard InChI is InChI=1S/C21H27N7/c1-5-18(19-8-7-17(14-24-19)28-10-6-9-26-28)23-13-16(3)27-20-11-15(2)12-25-21(20)22-4/h6-12,14,18,23,27H,3,5,13H2,1-2,4H3,(H,22,25). The molecule has 3 heterocycles. The van der Waals surface area contributed by atoms with Gasteiger partial charge in [-0.3, -0.25) is 4.98 Å². The Morgan fingerprint density at radius 2 is 2.11 bits per heavy atom. The highest BCUT2D eigenvalue weighted by Crippen LogP contribution is 2.21. The smallest absolute Gasteiger partial charge is 0.149 e. The van der Waals surface area contributed by atoms with Gasteiger partial charge >= 0.3 is 0 Å². The second-order valence-corrected chi connectivity index (χ2v) is 6.62. The molecule has 0 bridgehead atoms. The lowest BCUT2D eigenvalue weighted by molar-refractivity contribution is 0.532. The largest absolute Gasteiger partial charge is 0.371 e. The van der Waals surface area contributed by atoms with Crippen LogP contribution in [0.4, 0.5) is 11.5 Å². The molecule has 7 heteroatoms. The minimum absolute atomic E-state index is 0.143. The van der Waals surface area contributed by atoms with Crippen LogP contribution in [0.25, 0.3) is 5.69 Å². The third-order valence-electron chi connectivity index (χ3n) is 4.44. The van der Waals surface area contributed by atoms with Gasteiger partial charge < -0.3 is 16.0 Å². The number of aryl methyl sites for hydroxylation is 1. The van der Waals surface area contributed by atoms with Crippen molar-refractivity contribution in [2.24, 2.45) is 0 Å². The summed E-state index contributed by atoms with van der Waals surface area (Å²) in [5, 5.41) is 14.2. The van der Waals surface area contributed by atoms with Gasteiger partial charge in [0.2, 0.25) is 0 Å². The quantitative estimate of drug-likeness (QED) is 0.528. The van der Waals surface area contributed by atoms with Crippen LogP contribution >= 0.6 is 0 Å². The molecule has 7 nitrogen and oxygen atoms in total. The van der Waals surface area contributed by atoms with Gasteiger partial charge in [0, 0.05) is 43.9 Å². The van der Waals surface area contributed by atoms with Crippen LogP contribution < -0.4 is 16.0 Å². The maximum Gasteiger partial charge on any atom is 0.149 e. The van der Waals surface area contributed by atoms with Gasteiger partial charge in [-0.05, 0) is 43.2 Å². The maximum absolute atomic E-state index is 4.61. The molecule has 0 fully saturated rings. The third kappa shape index (κ3) is 4.75. The van der Waals surface area contributed by atoms with Crippen molar-refractivity contribution < 1.29 is 0 Å². The number of hydrogen-bond acceptors (Lipinski definition) is 6. The van der Waals surface area contributed by atoms with E-state index in [9.17, 15) is 0 Å². The van der Waals surface area contributed by atoms with Gasteiger partial charge in [-0.2, -0.15) is 5.10 Å². The van der Waals surface area contributed by atoms with Crippen LogP contribution in [0, 0.1) is 6.92 Å². The minimum atomic E-state index is 0.143. The number of anilines is 2. The SMILES string of the molecule is C=C(CNC(CC)c1ccc(-n2cccn2)cn1)Nc1cc(C)cnc1NC. The van der Waals surface area contributed by atoms with Gasteiger partial charge in [0.25, 0.3) is 0 Å². The van der Waals surface area contributed by atoms with E-state index < -0.39 is 0 Å². The third-order valence-corrected chi connectivity index (χ3v) is 4.44. The fourth-order valence-electron chi connectivity index (χ4n) is 2.96. The van der Waals surface area contributed by atoms with Gasteiger partial charge in [0.05, 0.1) is 23.3 Å². The molecule has 0 radical (unpaired) electrons. The molecule has 146 valence electrons. The Kier molecular flexibility index (Phi) is 6.39. The predicted molar refractivity (Wildman–Crippen MR) is 114 cm³/mol. The zero-order chi connectivity index (χ0) is 19.9.